The minimum absolute atomic E-state index is 0.642. The maximum Gasteiger partial charge on any atom is 0.0120 e. The van der Waals surface area contributed by atoms with Crippen LogP contribution in [0.1, 0.15) is 39.5 Å². The minimum atomic E-state index is 0.642. The number of hydrogen-bond acceptors (Lipinski definition) is 0. The third-order valence-corrected chi connectivity index (χ3v) is 2.12. The lowest BCUT2D eigenvalue weighted by atomic mass is 9.99. The fraction of sp³-hybridized carbons (Fsp3) is 0.800. The van der Waals surface area contributed by atoms with Crippen LogP contribution in [0.3, 0.4) is 0 Å². The SMILES string of the molecule is C#CCCCC(C)CC(C)Br. The highest BCUT2D eigenvalue weighted by Crippen LogP contribution is 2.17. The van der Waals surface area contributed by atoms with Gasteiger partial charge in [-0.25, -0.2) is 0 Å². The predicted molar refractivity (Wildman–Crippen MR) is 54.9 cm³/mol. The fourth-order valence-electron chi connectivity index (χ4n) is 1.22. The molecule has 0 aliphatic rings. The van der Waals surface area contributed by atoms with Gasteiger partial charge in [0.05, 0.1) is 0 Å². The van der Waals surface area contributed by atoms with Gasteiger partial charge in [0.15, 0.2) is 0 Å². The molecular formula is C10H17Br. The summed E-state index contributed by atoms with van der Waals surface area (Å²) in [5.41, 5.74) is 0. The molecule has 0 aromatic heterocycles. The van der Waals surface area contributed by atoms with E-state index in [4.69, 9.17) is 6.42 Å². The van der Waals surface area contributed by atoms with E-state index in [2.05, 4.69) is 35.7 Å². The highest BCUT2D eigenvalue weighted by atomic mass is 79.9. The maximum absolute atomic E-state index is 5.16. The lowest BCUT2D eigenvalue weighted by Crippen LogP contribution is -2.01. The van der Waals surface area contributed by atoms with Crippen molar-refractivity contribution in [1.29, 1.82) is 0 Å². The summed E-state index contributed by atoms with van der Waals surface area (Å²) in [6.07, 6.45) is 9.78. The first-order chi connectivity index (χ1) is 5.16. The Labute approximate surface area is 78.9 Å². The van der Waals surface area contributed by atoms with Crippen LogP contribution in [0.25, 0.3) is 0 Å². The quantitative estimate of drug-likeness (QED) is 0.375. The number of alkyl halides is 1. The van der Waals surface area contributed by atoms with Crippen LogP contribution >= 0.6 is 15.9 Å². The predicted octanol–water partition coefficient (Wildman–Crippen LogP) is 3.60. The van der Waals surface area contributed by atoms with Crippen LogP contribution < -0.4 is 0 Å². The van der Waals surface area contributed by atoms with E-state index in [0.29, 0.717) is 4.83 Å². The van der Waals surface area contributed by atoms with Crippen molar-refractivity contribution in [3.8, 4) is 12.3 Å². The molecule has 2 atom stereocenters. The van der Waals surface area contributed by atoms with Crippen molar-refractivity contribution in [3.63, 3.8) is 0 Å². The van der Waals surface area contributed by atoms with Crippen LogP contribution in [0.15, 0.2) is 0 Å². The molecule has 0 rings (SSSR count). The Morgan fingerprint density at radius 2 is 2.09 bits per heavy atom. The van der Waals surface area contributed by atoms with Gasteiger partial charge in [0.1, 0.15) is 0 Å². The van der Waals surface area contributed by atoms with Crippen LogP contribution in [-0.4, -0.2) is 4.83 Å². The molecule has 0 spiro atoms. The number of terminal acetylenes is 1. The summed E-state index contributed by atoms with van der Waals surface area (Å²) in [7, 11) is 0. The van der Waals surface area contributed by atoms with Gasteiger partial charge in [0.2, 0.25) is 0 Å². The van der Waals surface area contributed by atoms with Crippen molar-refractivity contribution < 1.29 is 0 Å². The Morgan fingerprint density at radius 3 is 2.55 bits per heavy atom. The van der Waals surface area contributed by atoms with Crippen molar-refractivity contribution in [1.82, 2.24) is 0 Å². The first-order valence-electron chi connectivity index (χ1n) is 4.24. The molecule has 0 nitrogen and oxygen atoms in total. The molecule has 0 aromatic rings. The lowest BCUT2D eigenvalue weighted by molar-refractivity contribution is 0.481. The number of halogens is 1. The van der Waals surface area contributed by atoms with Gasteiger partial charge < -0.3 is 0 Å². The van der Waals surface area contributed by atoms with Crippen LogP contribution in [-0.2, 0) is 0 Å². The van der Waals surface area contributed by atoms with Crippen molar-refractivity contribution in [2.45, 2.75) is 44.4 Å². The molecule has 64 valence electrons. The van der Waals surface area contributed by atoms with Gasteiger partial charge in [0, 0.05) is 11.2 Å². The summed E-state index contributed by atoms with van der Waals surface area (Å²) < 4.78 is 0. The Bertz CT molecular complexity index is 121. The lowest BCUT2D eigenvalue weighted by Gasteiger charge is -2.11. The summed E-state index contributed by atoms with van der Waals surface area (Å²) in [6, 6.07) is 0. The molecule has 0 radical (unpaired) electrons. The van der Waals surface area contributed by atoms with Gasteiger partial charge in [-0.1, -0.05) is 29.8 Å². The van der Waals surface area contributed by atoms with Gasteiger partial charge in [-0.2, -0.15) is 0 Å². The summed E-state index contributed by atoms with van der Waals surface area (Å²) in [5.74, 6) is 3.47. The van der Waals surface area contributed by atoms with Gasteiger partial charge in [-0.3, -0.25) is 0 Å². The fourth-order valence-corrected chi connectivity index (χ4v) is 1.86. The maximum atomic E-state index is 5.16. The summed E-state index contributed by atoms with van der Waals surface area (Å²) in [5, 5.41) is 0. The Hall–Kier alpha value is 0.0400. The van der Waals surface area contributed by atoms with E-state index < -0.39 is 0 Å². The second-order valence-electron chi connectivity index (χ2n) is 3.22. The molecule has 0 saturated heterocycles. The van der Waals surface area contributed by atoms with Gasteiger partial charge in [0.25, 0.3) is 0 Å². The second kappa shape index (κ2) is 6.73. The average Bonchev–Trinajstić information content (AvgIpc) is 1.86. The molecule has 2 unspecified atom stereocenters. The first kappa shape index (κ1) is 11.0. The highest BCUT2D eigenvalue weighted by molar-refractivity contribution is 9.09. The van der Waals surface area contributed by atoms with Crippen LogP contribution in [0.2, 0.25) is 0 Å². The molecule has 1 heteroatoms. The van der Waals surface area contributed by atoms with E-state index in [1.54, 1.807) is 0 Å². The van der Waals surface area contributed by atoms with Crippen molar-refractivity contribution in [2.75, 3.05) is 0 Å². The average molecular weight is 217 g/mol. The van der Waals surface area contributed by atoms with Crippen LogP contribution in [0, 0.1) is 18.3 Å². The first-order valence-corrected chi connectivity index (χ1v) is 5.16. The van der Waals surface area contributed by atoms with Crippen molar-refractivity contribution >= 4 is 15.9 Å². The summed E-state index contributed by atoms with van der Waals surface area (Å²) in [4.78, 5) is 0.642. The van der Waals surface area contributed by atoms with Gasteiger partial charge in [-0.15, -0.1) is 12.3 Å². The summed E-state index contributed by atoms with van der Waals surface area (Å²) >= 11 is 3.54. The number of rotatable bonds is 5. The monoisotopic (exact) mass is 216 g/mol. The number of hydrogen-bond donors (Lipinski definition) is 0. The second-order valence-corrected chi connectivity index (χ2v) is 4.78. The standard InChI is InChI=1S/C10H17Br/c1-4-5-6-7-9(2)8-10(3)11/h1,9-10H,5-8H2,2-3H3. The smallest absolute Gasteiger partial charge is 0.0120 e. The zero-order valence-corrected chi connectivity index (χ0v) is 9.02. The highest BCUT2D eigenvalue weighted by Gasteiger charge is 2.04. The molecule has 0 aliphatic heterocycles. The third kappa shape index (κ3) is 7.94. The van der Waals surface area contributed by atoms with E-state index in [1.807, 2.05) is 0 Å². The number of unbranched alkanes of at least 4 members (excludes halogenated alkanes) is 1. The van der Waals surface area contributed by atoms with Crippen molar-refractivity contribution in [3.05, 3.63) is 0 Å². The van der Waals surface area contributed by atoms with E-state index in [0.717, 1.165) is 12.3 Å². The van der Waals surface area contributed by atoms with Crippen molar-refractivity contribution in [2.24, 2.45) is 5.92 Å². The molecular weight excluding hydrogens is 200 g/mol. The van der Waals surface area contributed by atoms with Crippen LogP contribution in [0.5, 0.6) is 0 Å². The molecule has 0 aliphatic carbocycles. The van der Waals surface area contributed by atoms with E-state index in [9.17, 15) is 0 Å². The molecule has 11 heavy (non-hydrogen) atoms. The van der Waals surface area contributed by atoms with E-state index in [1.165, 1.54) is 19.3 Å². The summed E-state index contributed by atoms with van der Waals surface area (Å²) in [6.45, 7) is 4.48. The third-order valence-electron chi connectivity index (χ3n) is 1.75. The molecule has 0 heterocycles. The molecule has 0 N–H and O–H groups in total. The van der Waals surface area contributed by atoms with Crippen LogP contribution in [0.4, 0.5) is 0 Å². The topological polar surface area (TPSA) is 0 Å². The van der Waals surface area contributed by atoms with Gasteiger partial charge >= 0.3 is 0 Å². The molecule has 0 bridgehead atoms. The minimum Gasteiger partial charge on any atom is -0.120 e. The van der Waals surface area contributed by atoms with E-state index in [-0.39, 0.29) is 0 Å². The molecule has 0 amide bonds. The molecule has 0 fully saturated rings. The zero-order chi connectivity index (χ0) is 8.69. The normalized spacial score (nSPS) is 15.5. The van der Waals surface area contributed by atoms with E-state index >= 15 is 0 Å². The largest absolute Gasteiger partial charge is 0.120 e. The molecule has 0 aromatic carbocycles. The van der Waals surface area contributed by atoms with Gasteiger partial charge in [-0.05, 0) is 25.2 Å². The zero-order valence-electron chi connectivity index (χ0n) is 7.44. The Balaban J connectivity index is 3.24. The Kier molecular flexibility index (Phi) is 6.76. The molecule has 0 saturated carbocycles. The Morgan fingerprint density at radius 1 is 1.45 bits per heavy atom.